The lowest BCUT2D eigenvalue weighted by Gasteiger charge is -2.33. The van der Waals surface area contributed by atoms with Crippen LogP contribution in [0, 0.1) is 0 Å². The minimum atomic E-state index is -3.56. The minimum Gasteiger partial charge on any atom is -0.496 e. The summed E-state index contributed by atoms with van der Waals surface area (Å²) in [5, 5.41) is 0. The van der Waals surface area contributed by atoms with Crippen molar-refractivity contribution in [2.24, 2.45) is 0 Å². The summed E-state index contributed by atoms with van der Waals surface area (Å²) in [6.07, 6.45) is 3.19. The van der Waals surface area contributed by atoms with Crippen molar-refractivity contribution in [1.82, 2.24) is 9.21 Å². The molecule has 1 aliphatic rings. The summed E-state index contributed by atoms with van der Waals surface area (Å²) in [5.41, 5.74) is 0.809. The van der Waals surface area contributed by atoms with Gasteiger partial charge in [-0.25, -0.2) is 8.42 Å². The zero-order chi connectivity index (χ0) is 19.4. The third-order valence-corrected chi connectivity index (χ3v) is 7.83. The Kier molecular flexibility index (Phi) is 6.21. The summed E-state index contributed by atoms with van der Waals surface area (Å²) in [4.78, 5) is 14.1. The highest BCUT2D eigenvalue weighted by Gasteiger charge is 2.30. The van der Waals surface area contributed by atoms with E-state index in [4.69, 9.17) is 16.3 Å². The fraction of sp³-hybridized carbons (Fsp3) is 0.278. The summed E-state index contributed by atoms with van der Waals surface area (Å²) in [6, 6.07) is 10.5. The van der Waals surface area contributed by atoms with Gasteiger partial charge in [-0.3, -0.25) is 4.79 Å². The highest BCUT2D eigenvalue weighted by molar-refractivity contribution is 7.91. The van der Waals surface area contributed by atoms with Crippen LogP contribution in [0.15, 0.2) is 46.7 Å². The number of piperazine rings is 1. The van der Waals surface area contributed by atoms with Crippen molar-refractivity contribution in [3.63, 3.8) is 0 Å². The van der Waals surface area contributed by atoms with Crippen LogP contribution in [-0.4, -0.2) is 56.8 Å². The number of amides is 1. The molecular weight excluding hydrogens is 408 g/mol. The highest BCUT2D eigenvalue weighted by atomic mass is 35.5. The molecule has 0 bridgehead atoms. The summed E-state index contributed by atoms with van der Waals surface area (Å²) in [5.74, 6) is 0.532. The number of ether oxygens (including phenoxy) is 1. The summed E-state index contributed by atoms with van der Waals surface area (Å²) < 4.78 is 32.5. The van der Waals surface area contributed by atoms with Crippen LogP contribution < -0.4 is 4.74 Å². The average Bonchev–Trinajstić information content (AvgIpc) is 3.13. The molecular formula is C18H19ClN2O4S2. The maximum atomic E-state index is 12.6. The molecule has 1 aromatic carbocycles. The van der Waals surface area contributed by atoms with Gasteiger partial charge >= 0.3 is 0 Å². The third kappa shape index (κ3) is 4.52. The Labute approximate surface area is 167 Å². The first-order valence-corrected chi connectivity index (χ1v) is 10.9. The molecule has 1 fully saturated rings. The first kappa shape index (κ1) is 19.9. The molecule has 1 aliphatic heterocycles. The molecule has 0 N–H and O–H groups in total. The smallest absolute Gasteiger partial charge is 0.252 e. The number of hydrogen-bond acceptors (Lipinski definition) is 5. The molecule has 0 saturated carbocycles. The van der Waals surface area contributed by atoms with Crippen LogP contribution in [0.3, 0.4) is 0 Å². The molecule has 27 heavy (non-hydrogen) atoms. The summed E-state index contributed by atoms with van der Waals surface area (Å²) in [7, 11) is -1.98. The van der Waals surface area contributed by atoms with Crippen molar-refractivity contribution in [3.8, 4) is 5.75 Å². The van der Waals surface area contributed by atoms with E-state index < -0.39 is 10.0 Å². The molecule has 0 spiro atoms. The maximum absolute atomic E-state index is 12.6. The second kappa shape index (κ2) is 8.43. The van der Waals surface area contributed by atoms with E-state index in [1.54, 1.807) is 24.2 Å². The number of halogens is 1. The van der Waals surface area contributed by atoms with E-state index in [9.17, 15) is 13.2 Å². The molecule has 144 valence electrons. The van der Waals surface area contributed by atoms with Crippen molar-refractivity contribution in [2.45, 2.75) is 4.21 Å². The second-order valence-electron chi connectivity index (χ2n) is 5.86. The van der Waals surface area contributed by atoms with Gasteiger partial charge in [-0.1, -0.05) is 29.8 Å². The number of sulfonamides is 1. The van der Waals surface area contributed by atoms with Gasteiger partial charge in [-0.15, -0.1) is 11.3 Å². The molecule has 6 nitrogen and oxygen atoms in total. The first-order chi connectivity index (χ1) is 12.9. The van der Waals surface area contributed by atoms with E-state index in [0.717, 1.165) is 16.9 Å². The lowest BCUT2D eigenvalue weighted by molar-refractivity contribution is -0.127. The SMILES string of the molecule is COc1ccccc1/C=C/C(=O)N1CCN(S(=O)(=O)c2ccc(Cl)s2)CC1. The van der Waals surface area contributed by atoms with Crippen LogP contribution in [0.2, 0.25) is 4.34 Å². The normalized spacial score (nSPS) is 16.0. The molecule has 9 heteroatoms. The van der Waals surface area contributed by atoms with E-state index in [-0.39, 0.29) is 23.2 Å². The van der Waals surface area contributed by atoms with Gasteiger partial charge in [-0.05, 0) is 24.3 Å². The van der Waals surface area contributed by atoms with Crippen LogP contribution in [0.5, 0.6) is 5.75 Å². The number of para-hydroxylation sites is 1. The lowest BCUT2D eigenvalue weighted by Crippen LogP contribution is -2.50. The average molecular weight is 427 g/mol. The van der Waals surface area contributed by atoms with Gasteiger partial charge in [0.25, 0.3) is 10.0 Å². The predicted molar refractivity (Wildman–Crippen MR) is 107 cm³/mol. The van der Waals surface area contributed by atoms with Crippen molar-refractivity contribution >= 4 is 44.9 Å². The Balaban J connectivity index is 1.62. The monoisotopic (exact) mass is 426 g/mol. The molecule has 0 unspecified atom stereocenters. The van der Waals surface area contributed by atoms with Gasteiger partial charge in [-0.2, -0.15) is 4.31 Å². The number of nitrogens with zero attached hydrogens (tertiary/aromatic N) is 2. The Hall–Kier alpha value is -1.87. The third-order valence-electron chi connectivity index (χ3n) is 4.24. The molecule has 3 rings (SSSR count). The first-order valence-electron chi connectivity index (χ1n) is 8.27. The molecule has 0 atom stereocenters. The summed E-state index contributed by atoms with van der Waals surface area (Å²) in [6.45, 7) is 1.19. The molecule has 2 heterocycles. The highest BCUT2D eigenvalue weighted by Crippen LogP contribution is 2.28. The number of methoxy groups -OCH3 is 1. The molecule has 1 saturated heterocycles. The van der Waals surface area contributed by atoms with Gasteiger partial charge in [0, 0.05) is 37.8 Å². The van der Waals surface area contributed by atoms with Crippen LogP contribution in [0.4, 0.5) is 0 Å². The largest absolute Gasteiger partial charge is 0.496 e. The molecule has 0 radical (unpaired) electrons. The van der Waals surface area contributed by atoms with Gasteiger partial charge < -0.3 is 9.64 Å². The quantitative estimate of drug-likeness (QED) is 0.689. The Morgan fingerprint density at radius 2 is 1.85 bits per heavy atom. The van der Waals surface area contributed by atoms with Crippen molar-refractivity contribution in [3.05, 3.63) is 52.4 Å². The number of carbonyl (C=O) groups excluding carboxylic acids is 1. The van der Waals surface area contributed by atoms with Crippen molar-refractivity contribution < 1.29 is 17.9 Å². The number of thiophene rings is 1. The molecule has 2 aromatic rings. The topological polar surface area (TPSA) is 66.9 Å². The van der Waals surface area contributed by atoms with E-state index in [0.29, 0.717) is 23.2 Å². The minimum absolute atomic E-state index is 0.155. The number of rotatable bonds is 5. The van der Waals surface area contributed by atoms with E-state index >= 15 is 0 Å². The van der Waals surface area contributed by atoms with Gasteiger partial charge in [0.2, 0.25) is 5.91 Å². The van der Waals surface area contributed by atoms with Crippen molar-refractivity contribution in [1.29, 1.82) is 0 Å². The fourth-order valence-corrected chi connectivity index (χ4v) is 5.84. The zero-order valence-corrected chi connectivity index (χ0v) is 17.1. The van der Waals surface area contributed by atoms with E-state index in [1.807, 2.05) is 24.3 Å². The predicted octanol–water partition coefficient (Wildman–Crippen LogP) is 2.96. The van der Waals surface area contributed by atoms with Crippen LogP contribution in [-0.2, 0) is 14.8 Å². The standard InChI is InChI=1S/C18H19ClN2O4S2/c1-25-15-5-3-2-4-14(15)6-8-17(22)20-10-12-21(13-11-20)27(23,24)18-9-7-16(19)26-18/h2-9H,10-13H2,1H3/b8-6+. The molecule has 1 aromatic heterocycles. The fourth-order valence-electron chi connectivity index (χ4n) is 2.78. The maximum Gasteiger partial charge on any atom is 0.252 e. The molecule has 1 amide bonds. The van der Waals surface area contributed by atoms with Gasteiger partial charge in [0.15, 0.2) is 0 Å². The Morgan fingerprint density at radius 3 is 2.48 bits per heavy atom. The zero-order valence-electron chi connectivity index (χ0n) is 14.7. The number of benzene rings is 1. The van der Waals surface area contributed by atoms with Crippen LogP contribution in [0.25, 0.3) is 6.08 Å². The second-order valence-corrected chi connectivity index (χ2v) is 9.74. The van der Waals surface area contributed by atoms with Crippen LogP contribution >= 0.6 is 22.9 Å². The number of carbonyl (C=O) groups is 1. The Morgan fingerprint density at radius 1 is 1.15 bits per heavy atom. The molecule has 0 aliphatic carbocycles. The van der Waals surface area contributed by atoms with Crippen molar-refractivity contribution in [2.75, 3.05) is 33.3 Å². The Bertz CT molecular complexity index is 948. The van der Waals surface area contributed by atoms with Gasteiger partial charge in [0.1, 0.15) is 9.96 Å². The van der Waals surface area contributed by atoms with Crippen LogP contribution in [0.1, 0.15) is 5.56 Å². The number of hydrogen-bond donors (Lipinski definition) is 0. The van der Waals surface area contributed by atoms with E-state index in [1.165, 1.54) is 16.4 Å². The van der Waals surface area contributed by atoms with E-state index in [2.05, 4.69) is 0 Å². The van der Waals surface area contributed by atoms with Gasteiger partial charge in [0.05, 0.1) is 11.4 Å². The lowest BCUT2D eigenvalue weighted by atomic mass is 10.2. The summed E-state index contributed by atoms with van der Waals surface area (Å²) >= 11 is 6.88.